The van der Waals surface area contributed by atoms with E-state index in [2.05, 4.69) is 60.1 Å². The molecular formula is C26H33BrN4O2. The van der Waals surface area contributed by atoms with Gasteiger partial charge in [0.15, 0.2) is 0 Å². The lowest BCUT2D eigenvalue weighted by Crippen LogP contribution is -2.58. The fraction of sp³-hybridized carbons (Fsp3) is 0.577. The first kappa shape index (κ1) is 22.6. The molecule has 3 aliphatic carbocycles. The number of aromatic nitrogens is 2. The van der Waals surface area contributed by atoms with E-state index in [1.807, 2.05) is 23.1 Å². The third-order valence-corrected chi connectivity index (χ3v) is 9.52. The predicted molar refractivity (Wildman–Crippen MR) is 134 cm³/mol. The van der Waals surface area contributed by atoms with Crippen LogP contribution in [0.1, 0.15) is 52.5 Å². The number of hydrogen-bond donors (Lipinski definition) is 1. The van der Waals surface area contributed by atoms with Crippen molar-refractivity contribution in [1.82, 2.24) is 9.78 Å². The van der Waals surface area contributed by atoms with E-state index >= 15 is 0 Å². The van der Waals surface area contributed by atoms with Gasteiger partial charge in [-0.3, -0.25) is 9.59 Å². The van der Waals surface area contributed by atoms with Crippen LogP contribution in [0.3, 0.4) is 0 Å². The van der Waals surface area contributed by atoms with Crippen molar-refractivity contribution < 1.29 is 4.79 Å². The molecule has 2 aromatic rings. The first-order valence-corrected chi connectivity index (χ1v) is 12.9. The number of nitrogens with zero attached hydrogens (tertiary/aromatic N) is 3. The van der Waals surface area contributed by atoms with Gasteiger partial charge in [-0.15, -0.1) is 0 Å². The van der Waals surface area contributed by atoms with Crippen LogP contribution in [0.15, 0.2) is 39.7 Å². The molecule has 2 heterocycles. The maximum Gasteiger partial charge on any atom is 0.283 e. The number of aryl methyl sites for hydroxylation is 1. The molecule has 1 aliphatic heterocycles. The minimum Gasteiger partial charge on any atom is -0.380 e. The van der Waals surface area contributed by atoms with Crippen molar-refractivity contribution in [1.29, 1.82) is 0 Å². The van der Waals surface area contributed by atoms with Crippen LogP contribution in [-0.2, 0) is 17.8 Å². The Balaban J connectivity index is 1.33. The first-order valence-electron chi connectivity index (χ1n) is 12.1. The molecule has 1 unspecified atom stereocenters. The average molecular weight is 513 g/mol. The number of amides is 1. The molecule has 0 radical (unpaired) electrons. The number of halogens is 1. The summed E-state index contributed by atoms with van der Waals surface area (Å²) in [6.45, 7) is 9.07. The Morgan fingerprint density at radius 2 is 2.00 bits per heavy atom. The van der Waals surface area contributed by atoms with E-state index in [-0.39, 0.29) is 24.1 Å². The highest BCUT2D eigenvalue weighted by Gasteiger charge is 2.56. The molecule has 33 heavy (non-hydrogen) atoms. The van der Waals surface area contributed by atoms with Crippen LogP contribution in [0.4, 0.5) is 11.4 Å². The lowest BCUT2D eigenvalue weighted by atomic mass is 9.45. The van der Waals surface area contributed by atoms with Gasteiger partial charge in [-0.05, 0) is 83.3 Å². The molecule has 5 atom stereocenters. The van der Waals surface area contributed by atoms with Crippen molar-refractivity contribution in [3.8, 4) is 0 Å². The van der Waals surface area contributed by atoms with Crippen molar-refractivity contribution in [2.24, 2.45) is 23.2 Å². The zero-order valence-electron chi connectivity index (χ0n) is 19.8. The Bertz CT molecular complexity index is 1140. The lowest BCUT2D eigenvalue weighted by Gasteiger charge is -2.62. The van der Waals surface area contributed by atoms with E-state index in [0.717, 1.165) is 36.6 Å². The minimum absolute atomic E-state index is 0.0748. The van der Waals surface area contributed by atoms with Gasteiger partial charge in [0.25, 0.3) is 5.56 Å². The topological polar surface area (TPSA) is 67.2 Å². The van der Waals surface area contributed by atoms with E-state index in [0.29, 0.717) is 27.8 Å². The summed E-state index contributed by atoms with van der Waals surface area (Å²) in [6.07, 6.45) is 5.99. The van der Waals surface area contributed by atoms with Gasteiger partial charge in [0, 0.05) is 17.8 Å². The summed E-state index contributed by atoms with van der Waals surface area (Å²) in [5.74, 6) is 1.88. The molecule has 1 N–H and O–H groups in total. The van der Waals surface area contributed by atoms with Crippen LogP contribution < -0.4 is 15.8 Å². The van der Waals surface area contributed by atoms with E-state index in [4.69, 9.17) is 0 Å². The highest BCUT2D eigenvalue weighted by Crippen LogP contribution is 2.61. The molecular weight excluding hydrogens is 480 g/mol. The fourth-order valence-electron chi connectivity index (χ4n) is 6.49. The molecule has 2 bridgehead atoms. The number of anilines is 2. The molecule has 1 amide bonds. The first-order chi connectivity index (χ1) is 15.7. The number of nitrogens with one attached hydrogen (secondary N) is 1. The van der Waals surface area contributed by atoms with E-state index in [1.165, 1.54) is 16.7 Å². The summed E-state index contributed by atoms with van der Waals surface area (Å²) in [7, 11) is 0. The van der Waals surface area contributed by atoms with Crippen LogP contribution in [0.2, 0.25) is 0 Å². The summed E-state index contributed by atoms with van der Waals surface area (Å²) in [4.78, 5) is 28.1. The summed E-state index contributed by atoms with van der Waals surface area (Å²) < 4.78 is 1.72. The predicted octanol–water partition coefficient (Wildman–Crippen LogP) is 4.86. The summed E-state index contributed by atoms with van der Waals surface area (Å²) >= 11 is 3.49. The van der Waals surface area contributed by atoms with Crippen molar-refractivity contribution in [2.75, 3.05) is 10.2 Å². The van der Waals surface area contributed by atoms with Gasteiger partial charge in [-0.2, -0.15) is 5.10 Å². The maximum atomic E-state index is 13.2. The second-order valence-electron chi connectivity index (χ2n) is 10.8. The lowest BCUT2D eigenvalue weighted by molar-refractivity contribution is -0.120. The van der Waals surface area contributed by atoms with Gasteiger partial charge >= 0.3 is 0 Å². The Kier molecular flexibility index (Phi) is 5.66. The van der Waals surface area contributed by atoms with Crippen molar-refractivity contribution in [2.45, 2.75) is 72.0 Å². The summed E-state index contributed by atoms with van der Waals surface area (Å²) in [5.41, 5.74) is 2.98. The van der Waals surface area contributed by atoms with Crippen LogP contribution in [0, 0.1) is 23.2 Å². The number of benzene rings is 1. The Hall–Kier alpha value is -2.15. The number of carbonyl (C=O) groups is 1. The summed E-state index contributed by atoms with van der Waals surface area (Å²) in [5, 5.41) is 7.95. The van der Waals surface area contributed by atoms with Gasteiger partial charge in [0.05, 0.1) is 11.9 Å². The molecule has 7 heteroatoms. The summed E-state index contributed by atoms with van der Waals surface area (Å²) in [6, 6.07) is 8.44. The van der Waals surface area contributed by atoms with Crippen molar-refractivity contribution in [3.63, 3.8) is 0 Å². The molecule has 6 rings (SSSR count). The molecule has 176 valence electrons. The standard InChI is InChI=1S/C26H33BrN4O2/c1-15-9-10-17-7-5-6-8-22(17)31(15)23(32)14-30-25(33)24(27)21(13-28-30)29-20-12-18-11-19(16(20)2)26(18,3)4/h5-8,13,15-16,18-20,29H,9-12,14H2,1-4H3/t15?,16-,18-,19+,20-/m1/s1. The normalized spacial score (nSPS) is 29.7. The van der Waals surface area contributed by atoms with Gasteiger partial charge in [0.1, 0.15) is 11.0 Å². The highest BCUT2D eigenvalue weighted by atomic mass is 79.9. The Morgan fingerprint density at radius 1 is 1.24 bits per heavy atom. The average Bonchev–Trinajstić information content (AvgIpc) is 2.79. The van der Waals surface area contributed by atoms with Gasteiger partial charge in [-0.1, -0.05) is 39.0 Å². The van der Waals surface area contributed by atoms with Crippen LogP contribution in [0.5, 0.6) is 0 Å². The third-order valence-electron chi connectivity index (χ3n) is 8.76. The van der Waals surface area contributed by atoms with Crippen LogP contribution in [-0.4, -0.2) is 27.8 Å². The van der Waals surface area contributed by atoms with Gasteiger partial charge in [0.2, 0.25) is 5.91 Å². The Morgan fingerprint density at radius 3 is 2.73 bits per heavy atom. The number of carbonyl (C=O) groups excluding carboxylic acids is 1. The molecule has 1 aromatic carbocycles. The molecule has 4 aliphatic rings. The maximum absolute atomic E-state index is 13.2. The molecule has 0 spiro atoms. The van der Waals surface area contributed by atoms with E-state index < -0.39 is 0 Å². The molecule has 3 saturated carbocycles. The van der Waals surface area contributed by atoms with Crippen molar-refractivity contribution >= 4 is 33.2 Å². The number of para-hydroxylation sites is 1. The second-order valence-corrected chi connectivity index (χ2v) is 11.6. The van der Waals surface area contributed by atoms with Crippen LogP contribution in [0.25, 0.3) is 0 Å². The fourth-order valence-corrected chi connectivity index (χ4v) is 6.91. The zero-order chi connectivity index (χ0) is 23.5. The highest BCUT2D eigenvalue weighted by molar-refractivity contribution is 9.10. The Labute approximate surface area is 203 Å². The van der Waals surface area contributed by atoms with Crippen LogP contribution >= 0.6 is 15.9 Å². The molecule has 1 aromatic heterocycles. The number of fused-ring (bicyclic) bond motifs is 3. The second kappa shape index (κ2) is 8.26. The van der Waals surface area contributed by atoms with E-state index in [9.17, 15) is 9.59 Å². The molecule has 0 saturated heterocycles. The van der Waals surface area contributed by atoms with Gasteiger partial charge in [-0.25, -0.2) is 4.68 Å². The minimum atomic E-state index is -0.278. The zero-order valence-corrected chi connectivity index (χ0v) is 21.4. The van der Waals surface area contributed by atoms with E-state index in [1.54, 1.807) is 6.20 Å². The molecule has 6 nitrogen and oxygen atoms in total. The quantitative estimate of drug-likeness (QED) is 0.635. The monoisotopic (exact) mass is 512 g/mol. The van der Waals surface area contributed by atoms with Gasteiger partial charge < -0.3 is 10.2 Å². The largest absolute Gasteiger partial charge is 0.380 e. The SMILES string of the molecule is CC1CCc2ccccc2N1C(=O)Cn1ncc(N[C@@H]2C[C@H]3C[C@@H]([C@H]2C)C3(C)C)c(Br)c1=O. The van der Waals surface area contributed by atoms with Crippen molar-refractivity contribution in [3.05, 3.63) is 50.9 Å². The number of hydrogen-bond acceptors (Lipinski definition) is 4. The number of rotatable bonds is 4. The third kappa shape index (κ3) is 3.72. The molecule has 3 fully saturated rings. The smallest absolute Gasteiger partial charge is 0.283 e.